The molecule has 1 amide bonds. The molecule has 40 heavy (non-hydrogen) atoms. The summed E-state index contributed by atoms with van der Waals surface area (Å²) in [5.41, 5.74) is 1.77. The standard InChI is InChI=1S/C35H46ClNO3/c1-2-3-4-5-6-7-8-9-10-11-12-13-14-18-27-37-33(29-22-24-30(36)25-23-29)32(34(39)35(37)40)31(38)26-21-28-19-16-15-17-20-28/h15-17,19-26,33,39H,2-14,18,27H2,1H3. The number of aliphatic hydroxyl groups excluding tert-OH is 1. The number of allylic oxidation sites excluding steroid dienone is 1. The lowest BCUT2D eigenvalue weighted by atomic mass is 9.95. The number of nitrogens with zero attached hydrogens (tertiary/aromatic N) is 1. The molecule has 0 saturated carbocycles. The van der Waals surface area contributed by atoms with Crippen molar-refractivity contribution in [2.75, 3.05) is 6.54 Å². The second kappa shape index (κ2) is 17.8. The van der Waals surface area contributed by atoms with Gasteiger partial charge in [-0.05, 0) is 35.8 Å². The maximum atomic E-state index is 13.3. The van der Waals surface area contributed by atoms with Crippen molar-refractivity contribution in [3.05, 3.63) is 88.2 Å². The molecule has 4 nitrogen and oxygen atoms in total. The van der Waals surface area contributed by atoms with Crippen molar-refractivity contribution in [2.45, 2.75) is 103 Å². The molecule has 0 fully saturated rings. The molecule has 0 saturated heterocycles. The van der Waals surface area contributed by atoms with E-state index in [4.69, 9.17) is 11.6 Å². The molecule has 2 aromatic carbocycles. The Kier molecular flexibility index (Phi) is 14.1. The summed E-state index contributed by atoms with van der Waals surface area (Å²) in [7, 11) is 0. The first-order valence-corrected chi connectivity index (χ1v) is 15.7. The molecule has 1 unspecified atom stereocenters. The van der Waals surface area contributed by atoms with E-state index in [1.807, 2.05) is 42.5 Å². The Hall–Kier alpha value is -2.85. The van der Waals surface area contributed by atoms with Crippen LogP contribution in [-0.4, -0.2) is 28.2 Å². The van der Waals surface area contributed by atoms with Gasteiger partial charge in [0.05, 0.1) is 11.6 Å². The van der Waals surface area contributed by atoms with Crippen molar-refractivity contribution in [3.8, 4) is 0 Å². The number of unbranched alkanes of at least 4 members (excludes halogenated alkanes) is 13. The molecule has 5 heteroatoms. The molecule has 0 spiro atoms. The molecular weight excluding hydrogens is 518 g/mol. The smallest absolute Gasteiger partial charge is 0.290 e. The van der Waals surface area contributed by atoms with Crippen LogP contribution < -0.4 is 0 Å². The van der Waals surface area contributed by atoms with Gasteiger partial charge in [0.2, 0.25) is 0 Å². The first-order valence-electron chi connectivity index (χ1n) is 15.3. The molecule has 0 bridgehead atoms. The zero-order valence-electron chi connectivity index (χ0n) is 24.1. The van der Waals surface area contributed by atoms with Crippen LogP contribution in [0.25, 0.3) is 6.08 Å². The Labute approximate surface area is 246 Å². The van der Waals surface area contributed by atoms with Crippen molar-refractivity contribution in [1.82, 2.24) is 4.90 Å². The van der Waals surface area contributed by atoms with Crippen LogP contribution in [0.15, 0.2) is 72.0 Å². The number of aliphatic hydroxyl groups is 1. The van der Waals surface area contributed by atoms with Gasteiger partial charge >= 0.3 is 0 Å². The highest BCUT2D eigenvalue weighted by molar-refractivity contribution is 6.30. The molecule has 2 aromatic rings. The van der Waals surface area contributed by atoms with Gasteiger partial charge in [-0.2, -0.15) is 0 Å². The maximum absolute atomic E-state index is 13.3. The number of carbonyl (C=O) groups is 2. The first-order chi connectivity index (χ1) is 19.5. The molecule has 216 valence electrons. The third-order valence-electron chi connectivity index (χ3n) is 7.73. The van der Waals surface area contributed by atoms with Crippen LogP contribution in [0.1, 0.15) is 114 Å². The largest absolute Gasteiger partial charge is 0.503 e. The van der Waals surface area contributed by atoms with Crippen molar-refractivity contribution in [3.63, 3.8) is 0 Å². The monoisotopic (exact) mass is 563 g/mol. The van der Waals surface area contributed by atoms with Crippen molar-refractivity contribution in [2.24, 2.45) is 0 Å². The zero-order chi connectivity index (χ0) is 28.6. The molecule has 1 aliphatic heterocycles. The molecule has 0 radical (unpaired) electrons. The fourth-order valence-electron chi connectivity index (χ4n) is 5.43. The lowest BCUT2D eigenvalue weighted by molar-refractivity contribution is -0.129. The molecule has 1 aliphatic rings. The van der Waals surface area contributed by atoms with E-state index in [9.17, 15) is 14.7 Å². The van der Waals surface area contributed by atoms with Gasteiger partial charge in [-0.3, -0.25) is 9.59 Å². The predicted molar refractivity (Wildman–Crippen MR) is 166 cm³/mol. The number of halogens is 1. The highest BCUT2D eigenvalue weighted by atomic mass is 35.5. The SMILES string of the molecule is CCCCCCCCCCCCCCCCN1C(=O)C(O)=C(C(=O)C=Cc2ccccc2)C1c1ccc(Cl)cc1. The van der Waals surface area contributed by atoms with E-state index in [1.165, 1.54) is 76.7 Å². The maximum Gasteiger partial charge on any atom is 0.290 e. The van der Waals surface area contributed by atoms with Gasteiger partial charge in [-0.15, -0.1) is 0 Å². The number of hydrogen-bond acceptors (Lipinski definition) is 3. The van der Waals surface area contributed by atoms with Crippen LogP contribution in [0.4, 0.5) is 0 Å². The van der Waals surface area contributed by atoms with Crippen LogP contribution >= 0.6 is 11.6 Å². The molecular formula is C35H46ClNO3. The fraction of sp³-hybridized carbons (Fsp3) is 0.486. The number of amides is 1. The molecule has 1 atom stereocenters. The Morgan fingerprint density at radius 2 is 1.32 bits per heavy atom. The molecule has 0 aromatic heterocycles. The van der Waals surface area contributed by atoms with Crippen molar-refractivity contribution in [1.29, 1.82) is 0 Å². The number of benzene rings is 2. The van der Waals surface area contributed by atoms with E-state index in [2.05, 4.69) is 6.92 Å². The minimum atomic E-state index is -0.625. The average molecular weight is 564 g/mol. The zero-order valence-corrected chi connectivity index (χ0v) is 24.9. The summed E-state index contributed by atoms with van der Waals surface area (Å²) in [6, 6.07) is 16.0. The summed E-state index contributed by atoms with van der Waals surface area (Å²) in [6.07, 6.45) is 20.8. The van der Waals surface area contributed by atoms with E-state index < -0.39 is 17.7 Å². The summed E-state index contributed by atoms with van der Waals surface area (Å²) in [6.45, 7) is 2.75. The second-order valence-corrected chi connectivity index (χ2v) is 11.4. The van der Waals surface area contributed by atoms with E-state index in [0.717, 1.165) is 30.4 Å². The van der Waals surface area contributed by atoms with Gasteiger partial charge < -0.3 is 10.0 Å². The number of rotatable bonds is 19. The summed E-state index contributed by atoms with van der Waals surface area (Å²) >= 11 is 6.11. The Bertz CT molecular complexity index is 1110. The molecule has 1 heterocycles. The lowest BCUT2D eigenvalue weighted by Crippen LogP contribution is -2.32. The van der Waals surface area contributed by atoms with E-state index in [-0.39, 0.29) is 11.4 Å². The summed E-state index contributed by atoms with van der Waals surface area (Å²) < 4.78 is 0. The molecule has 1 N–H and O–H groups in total. The van der Waals surface area contributed by atoms with E-state index in [1.54, 1.807) is 23.1 Å². The Balaban J connectivity index is 1.49. The van der Waals surface area contributed by atoms with Gasteiger partial charge in [-0.1, -0.05) is 151 Å². The van der Waals surface area contributed by atoms with Crippen LogP contribution in [0.5, 0.6) is 0 Å². The molecule has 0 aliphatic carbocycles. The third kappa shape index (κ3) is 9.96. The number of ketones is 1. The summed E-state index contributed by atoms with van der Waals surface area (Å²) in [5, 5.41) is 11.4. The van der Waals surface area contributed by atoms with E-state index >= 15 is 0 Å². The second-order valence-electron chi connectivity index (χ2n) is 10.9. The fourth-order valence-corrected chi connectivity index (χ4v) is 5.56. The van der Waals surface area contributed by atoms with Crippen LogP contribution in [0, 0.1) is 0 Å². The van der Waals surface area contributed by atoms with Gasteiger partial charge in [-0.25, -0.2) is 0 Å². The minimum Gasteiger partial charge on any atom is -0.503 e. The Morgan fingerprint density at radius 1 is 0.800 bits per heavy atom. The predicted octanol–water partition coefficient (Wildman–Crippen LogP) is 9.80. The van der Waals surface area contributed by atoms with Crippen molar-refractivity contribution >= 4 is 29.4 Å². The van der Waals surface area contributed by atoms with Gasteiger partial charge in [0.1, 0.15) is 0 Å². The summed E-state index contributed by atoms with van der Waals surface area (Å²) in [4.78, 5) is 28.0. The van der Waals surface area contributed by atoms with Crippen molar-refractivity contribution < 1.29 is 14.7 Å². The summed E-state index contributed by atoms with van der Waals surface area (Å²) in [5.74, 6) is -1.29. The quantitative estimate of drug-likeness (QED) is 0.137. The molecule has 3 rings (SSSR count). The highest BCUT2D eigenvalue weighted by Gasteiger charge is 2.42. The lowest BCUT2D eigenvalue weighted by Gasteiger charge is -2.26. The minimum absolute atomic E-state index is 0.130. The van der Waals surface area contributed by atoms with Gasteiger partial charge in [0, 0.05) is 11.6 Å². The highest BCUT2D eigenvalue weighted by Crippen LogP contribution is 2.38. The van der Waals surface area contributed by atoms with Gasteiger partial charge in [0.15, 0.2) is 11.5 Å². The normalized spacial score (nSPS) is 15.5. The third-order valence-corrected chi connectivity index (χ3v) is 7.99. The average Bonchev–Trinajstić information content (AvgIpc) is 3.22. The van der Waals surface area contributed by atoms with Crippen LogP contribution in [0.3, 0.4) is 0 Å². The van der Waals surface area contributed by atoms with E-state index in [0.29, 0.717) is 11.6 Å². The number of carbonyl (C=O) groups excluding carboxylic acids is 2. The Morgan fingerprint density at radius 3 is 1.88 bits per heavy atom. The van der Waals surface area contributed by atoms with Gasteiger partial charge in [0.25, 0.3) is 5.91 Å². The first kappa shape index (κ1) is 31.7. The van der Waals surface area contributed by atoms with Crippen LogP contribution in [0.2, 0.25) is 5.02 Å². The van der Waals surface area contributed by atoms with Crippen LogP contribution in [-0.2, 0) is 9.59 Å². The topological polar surface area (TPSA) is 57.6 Å². The number of hydrogen-bond donors (Lipinski definition) is 1.